The van der Waals surface area contributed by atoms with Crippen LogP contribution in [0, 0.1) is 13.8 Å². The molecule has 0 aliphatic carbocycles. The third kappa shape index (κ3) is 4.09. The van der Waals surface area contributed by atoms with Crippen LogP contribution in [0.3, 0.4) is 0 Å². The third-order valence-corrected chi connectivity index (χ3v) is 4.77. The molecule has 0 bridgehead atoms. The van der Waals surface area contributed by atoms with E-state index in [1.807, 2.05) is 69.3 Å². The molecule has 0 aliphatic rings. The van der Waals surface area contributed by atoms with Gasteiger partial charge in [0.25, 0.3) is 5.22 Å². The fraction of sp³-hybridized carbons (Fsp3) is 0.211. The summed E-state index contributed by atoms with van der Waals surface area (Å²) in [5.41, 5.74) is 3.80. The smallest absolute Gasteiger partial charge is 0.277 e. The molecule has 6 heteroatoms. The molecule has 3 aromatic rings. The Kier molecular flexibility index (Phi) is 5.19. The first-order valence-corrected chi connectivity index (χ1v) is 8.85. The van der Waals surface area contributed by atoms with Crippen molar-refractivity contribution in [1.29, 1.82) is 0 Å². The highest BCUT2D eigenvalue weighted by molar-refractivity contribution is 8.00. The molecule has 0 saturated heterocycles. The van der Waals surface area contributed by atoms with Crippen LogP contribution in [0.4, 0.5) is 5.69 Å². The van der Waals surface area contributed by atoms with Gasteiger partial charge in [0.1, 0.15) is 0 Å². The summed E-state index contributed by atoms with van der Waals surface area (Å²) >= 11 is 1.25. The number of carbonyl (C=O) groups excluding carboxylic acids is 1. The minimum atomic E-state index is -0.357. The van der Waals surface area contributed by atoms with Gasteiger partial charge < -0.3 is 9.73 Å². The molecule has 1 atom stereocenters. The van der Waals surface area contributed by atoms with Crippen molar-refractivity contribution in [3.05, 3.63) is 59.7 Å². The zero-order chi connectivity index (χ0) is 17.8. The number of thioether (sulfide) groups is 1. The zero-order valence-electron chi connectivity index (χ0n) is 14.3. The number of benzene rings is 2. The van der Waals surface area contributed by atoms with E-state index in [0.717, 1.165) is 22.4 Å². The second-order valence-corrected chi connectivity index (χ2v) is 7.04. The van der Waals surface area contributed by atoms with Crippen LogP contribution in [0.25, 0.3) is 11.5 Å². The molecule has 0 spiro atoms. The van der Waals surface area contributed by atoms with Crippen molar-refractivity contribution in [2.24, 2.45) is 0 Å². The van der Waals surface area contributed by atoms with Gasteiger partial charge in [0.15, 0.2) is 0 Å². The van der Waals surface area contributed by atoms with E-state index in [1.54, 1.807) is 0 Å². The average Bonchev–Trinajstić information content (AvgIpc) is 3.05. The second kappa shape index (κ2) is 7.53. The molecule has 1 aromatic heterocycles. The topological polar surface area (TPSA) is 68.0 Å². The van der Waals surface area contributed by atoms with E-state index in [0.29, 0.717) is 11.1 Å². The SMILES string of the molecule is Cc1ccccc1NC(=O)[C@@H](C)Sc1nnc(-c2ccccc2C)o1. The van der Waals surface area contributed by atoms with Crippen LogP contribution >= 0.6 is 11.8 Å². The molecular weight excluding hydrogens is 334 g/mol. The Morgan fingerprint density at radius 3 is 2.44 bits per heavy atom. The molecule has 0 unspecified atom stereocenters. The van der Waals surface area contributed by atoms with Gasteiger partial charge in [-0.15, -0.1) is 10.2 Å². The minimum Gasteiger partial charge on any atom is -0.411 e. The molecule has 1 N–H and O–H groups in total. The highest BCUT2D eigenvalue weighted by Gasteiger charge is 2.19. The Morgan fingerprint density at radius 2 is 1.72 bits per heavy atom. The van der Waals surface area contributed by atoms with E-state index in [4.69, 9.17) is 4.42 Å². The van der Waals surface area contributed by atoms with Crippen LogP contribution in [-0.4, -0.2) is 21.4 Å². The second-order valence-electron chi connectivity index (χ2n) is 5.75. The zero-order valence-corrected chi connectivity index (χ0v) is 15.1. The normalized spacial score (nSPS) is 12.0. The first kappa shape index (κ1) is 17.2. The number of amides is 1. The Bertz CT molecular complexity index is 892. The molecule has 25 heavy (non-hydrogen) atoms. The predicted molar refractivity (Wildman–Crippen MR) is 99.6 cm³/mol. The van der Waals surface area contributed by atoms with Gasteiger partial charge >= 0.3 is 0 Å². The molecule has 1 amide bonds. The van der Waals surface area contributed by atoms with Gasteiger partial charge in [-0.25, -0.2) is 0 Å². The number of aromatic nitrogens is 2. The Hall–Kier alpha value is -2.60. The molecule has 2 aromatic carbocycles. The highest BCUT2D eigenvalue weighted by atomic mass is 32.2. The van der Waals surface area contributed by atoms with Crippen LogP contribution in [0.5, 0.6) is 0 Å². The summed E-state index contributed by atoms with van der Waals surface area (Å²) < 4.78 is 5.71. The number of aryl methyl sites for hydroxylation is 2. The lowest BCUT2D eigenvalue weighted by Gasteiger charge is -2.11. The number of nitrogens with zero attached hydrogens (tertiary/aromatic N) is 2. The van der Waals surface area contributed by atoms with Crippen molar-refractivity contribution in [2.75, 3.05) is 5.32 Å². The predicted octanol–water partition coefficient (Wildman–Crippen LogP) is 4.47. The van der Waals surface area contributed by atoms with E-state index in [9.17, 15) is 4.79 Å². The van der Waals surface area contributed by atoms with Crippen molar-refractivity contribution in [3.8, 4) is 11.5 Å². The molecule has 0 fully saturated rings. The van der Waals surface area contributed by atoms with E-state index in [2.05, 4.69) is 15.5 Å². The van der Waals surface area contributed by atoms with Crippen LogP contribution in [0.1, 0.15) is 18.1 Å². The van der Waals surface area contributed by atoms with Crippen molar-refractivity contribution in [3.63, 3.8) is 0 Å². The summed E-state index contributed by atoms with van der Waals surface area (Å²) in [6, 6.07) is 15.5. The van der Waals surface area contributed by atoms with Gasteiger partial charge in [0, 0.05) is 11.3 Å². The maximum absolute atomic E-state index is 12.4. The van der Waals surface area contributed by atoms with Crippen LogP contribution in [0.15, 0.2) is 58.2 Å². The van der Waals surface area contributed by atoms with E-state index >= 15 is 0 Å². The highest BCUT2D eigenvalue weighted by Crippen LogP contribution is 2.28. The van der Waals surface area contributed by atoms with Crippen LogP contribution < -0.4 is 5.32 Å². The molecule has 5 nitrogen and oxygen atoms in total. The average molecular weight is 353 g/mol. The number of carbonyl (C=O) groups is 1. The van der Waals surface area contributed by atoms with Gasteiger partial charge in [-0.1, -0.05) is 48.2 Å². The minimum absolute atomic E-state index is 0.102. The molecule has 0 saturated carbocycles. The lowest BCUT2D eigenvalue weighted by Crippen LogP contribution is -2.22. The van der Waals surface area contributed by atoms with E-state index in [-0.39, 0.29) is 11.2 Å². The van der Waals surface area contributed by atoms with Crippen molar-refractivity contribution < 1.29 is 9.21 Å². The van der Waals surface area contributed by atoms with Gasteiger partial charge in [-0.3, -0.25) is 4.79 Å². The van der Waals surface area contributed by atoms with Crippen LogP contribution in [0.2, 0.25) is 0 Å². The number of anilines is 1. The number of hydrogen-bond acceptors (Lipinski definition) is 5. The molecule has 128 valence electrons. The lowest BCUT2D eigenvalue weighted by molar-refractivity contribution is -0.115. The Morgan fingerprint density at radius 1 is 1.04 bits per heavy atom. The Balaban J connectivity index is 1.67. The summed E-state index contributed by atoms with van der Waals surface area (Å²) in [4.78, 5) is 12.4. The molecular formula is C19H19N3O2S. The largest absolute Gasteiger partial charge is 0.411 e. The van der Waals surface area contributed by atoms with Crippen molar-refractivity contribution in [2.45, 2.75) is 31.2 Å². The van der Waals surface area contributed by atoms with Crippen LogP contribution in [-0.2, 0) is 4.79 Å². The standard InChI is InChI=1S/C19H19N3O2S/c1-12-8-4-6-10-15(12)18-21-22-19(24-18)25-14(3)17(23)20-16-11-7-5-9-13(16)2/h4-11,14H,1-3H3,(H,20,23)/t14-/m1/s1. The van der Waals surface area contributed by atoms with Gasteiger partial charge in [-0.2, -0.15) is 0 Å². The number of rotatable bonds is 5. The number of para-hydroxylation sites is 1. The number of hydrogen-bond donors (Lipinski definition) is 1. The maximum atomic E-state index is 12.4. The quantitative estimate of drug-likeness (QED) is 0.685. The Labute approximate surface area is 150 Å². The summed E-state index contributed by atoms with van der Waals surface area (Å²) in [5.74, 6) is 0.363. The molecule has 1 heterocycles. The lowest BCUT2D eigenvalue weighted by atomic mass is 10.1. The van der Waals surface area contributed by atoms with Gasteiger partial charge in [0.2, 0.25) is 11.8 Å². The summed E-state index contributed by atoms with van der Waals surface area (Å²) in [6.07, 6.45) is 0. The van der Waals surface area contributed by atoms with Gasteiger partial charge in [0.05, 0.1) is 5.25 Å². The first-order chi connectivity index (χ1) is 12.0. The number of nitrogens with one attached hydrogen (secondary N) is 1. The monoisotopic (exact) mass is 353 g/mol. The summed E-state index contributed by atoms with van der Waals surface area (Å²) in [5, 5.41) is 11.1. The fourth-order valence-corrected chi connectivity index (χ4v) is 3.01. The maximum Gasteiger partial charge on any atom is 0.277 e. The van der Waals surface area contributed by atoms with Crippen molar-refractivity contribution >= 4 is 23.4 Å². The van der Waals surface area contributed by atoms with Crippen molar-refractivity contribution in [1.82, 2.24) is 10.2 Å². The summed E-state index contributed by atoms with van der Waals surface area (Å²) in [6.45, 7) is 5.76. The summed E-state index contributed by atoms with van der Waals surface area (Å²) in [7, 11) is 0. The fourth-order valence-electron chi connectivity index (χ4n) is 2.33. The molecule has 0 radical (unpaired) electrons. The molecule has 0 aliphatic heterocycles. The third-order valence-electron chi connectivity index (χ3n) is 3.83. The molecule has 3 rings (SSSR count). The first-order valence-electron chi connectivity index (χ1n) is 7.97. The van der Waals surface area contributed by atoms with E-state index < -0.39 is 0 Å². The van der Waals surface area contributed by atoms with E-state index in [1.165, 1.54) is 11.8 Å². The van der Waals surface area contributed by atoms with Gasteiger partial charge in [-0.05, 0) is 44.0 Å².